The summed E-state index contributed by atoms with van der Waals surface area (Å²) < 4.78 is 19.9. The number of anilines is 1. The minimum Gasteiger partial charge on any atom is -0.493 e. The van der Waals surface area contributed by atoms with Gasteiger partial charge in [0.2, 0.25) is 5.95 Å². The lowest BCUT2D eigenvalue weighted by Gasteiger charge is -2.32. The maximum atomic E-state index is 14.1. The van der Waals surface area contributed by atoms with Crippen LogP contribution in [0.25, 0.3) is 0 Å². The van der Waals surface area contributed by atoms with Crippen LogP contribution in [0.3, 0.4) is 0 Å². The van der Waals surface area contributed by atoms with Gasteiger partial charge in [0.1, 0.15) is 11.6 Å². The molecule has 1 aliphatic heterocycles. The Morgan fingerprint density at radius 2 is 2.00 bits per heavy atom. The van der Waals surface area contributed by atoms with Crippen LogP contribution in [-0.4, -0.2) is 42.0 Å². The first kappa shape index (κ1) is 22.0. The van der Waals surface area contributed by atoms with Gasteiger partial charge in [0.15, 0.2) is 5.78 Å². The zero-order valence-electron chi connectivity index (χ0n) is 17.5. The van der Waals surface area contributed by atoms with Crippen LogP contribution < -0.4 is 15.4 Å². The summed E-state index contributed by atoms with van der Waals surface area (Å²) in [6.45, 7) is 2.46. The van der Waals surface area contributed by atoms with Crippen LogP contribution in [0.5, 0.6) is 5.75 Å². The Kier molecular flexibility index (Phi) is 7.02. The number of rotatable bonds is 9. The number of carbonyl (C=O) groups excluding carboxylic acids is 1. The van der Waals surface area contributed by atoms with Crippen molar-refractivity contribution in [3.05, 3.63) is 47.0 Å². The summed E-state index contributed by atoms with van der Waals surface area (Å²) in [7, 11) is 0. The molecule has 2 N–H and O–H groups in total. The van der Waals surface area contributed by atoms with Crippen molar-refractivity contribution in [3.8, 4) is 5.75 Å². The number of piperidine rings is 1. The third-order valence-corrected chi connectivity index (χ3v) is 6.60. The molecule has 4 rings (SSSR count). The van der Waals surface area contributed by atoms with E-state index in [0.29, 0.717) is 28.9 Å². The maximum Gasteiger partial charge on any atom is 0.225 e. The first-order valence-corrected chi connectivity index (χ1v) is 11.3. The maximum absolute atomic E-state index is 14.1. The van der Waals surface area contributed by atoms with E-state index < -0.39 is 5.82 Å². The normalized spacial score (nSPS) is 21.2. The van der Waals surface area contributed by atoms with Crippen molar-refractivity contribution in [2.24, 2.45) is 23.5 Å². The summed E-state index contributed by atoms with van der Waals surface area (Å²) >= 11 is 5.87. The van der Waals surface area contributed by atoms with Crippen LogP contribution in [0.1, 0.15) is 31.2 Å². The number of hydrogen-bond acceptors (Lipinski definition) is 6. The zero-order valence-corrected chi connectivity index (χ0v) is 18.2. The third-order valence-electron chi connectivity index (χ3n) is 6.41. The molecule has 2 aliphatic rings. The van der Waals surface area contributed by atoms with Crippen molar-refractivity contribution in [1.82, 2.24) is 9.97 Å². The topological polar surface area (TPSA) is 81.3 Å². The van der Waals surface area contributed by atoms with E-state index >= 15 is 0 Å². The first-order valence-electron chi connectivity index (χ1n) is 10.9. The van der Waals surface area contributed by atoms with Gasteiger partial charge in [-0.3, -0.25) is 4.79 Å². The summed E-state index contributed by atoms with van der Waals surface area (Å²) in [5.41, 5.74) is 5.66. The van der Waals surface area contributed by atoms with Gasteiger partial charge >= 0.3 is 0 Å². The molecule has 1 aliphatic carbocycles. The SMILES string of the molecule is NCC(=O)Cc1ccc(OCC[C@@H]2C[C@@H]2C2CCN(c3ncc(Cl)cn3)CC2)cc1F. The first-order chi connectivity index (χ1) is 15.0. The number of halogens is 2. The van der Waals surface area contributed by atoms with Crippen LogP contribution in [0.4, 0.5) is 10.3 Å². The number of nitrogens with two attached hydrogens (primary N) is 1. The van der Waals surface area contributed by atoms with Gasteiger partial charge in [-0.25, -0.2) is 14.4 Å². The van der Waals surface area contributed by atoms with Crippen molar-refractivity contribution in [3.63, 3.8) is 0 Å². The molecule has 31 heavy (non-hydrogen) atoms. The Morgan fingerprint density at radius 1 is 1.26 bits per heavy atom. The Balaban J connectivity index is 1.17. The third kappa shape index (κ3) is 5.71. The Labute approximate surface area is 187 Å². The molecule has 1 aromatic carbocycles. The lowest BCUT2D eigenvalue weighted by molar-refractivity contribution is -0.117. The molecule has 0 unspecified atom stereocenters. The molecule has 166 valence electrons. The van der Waals surface area contributed by atoms with Gasteiger partial charge in [-0.15, -0.1) is 0 Å². The van der Waals surface area contributed by atoms with E-state index in [9.17, 15) is 9.18 Å². The number of benzene rings is 1. The molecule has 2 aromatic rings. The fourth-order valence-corrected chi connectivity index (χ4v) is 4.65. The number of ether oxygens (including phenoxy) is 1. The Bertz CT molecular complexity index is 903. The van der Waals surface area contributed by atoms with E-state index in [1.807, 2.05) is 0 Å². The lowest BCUT2D eigenvalue weighted by Crippen LogP contribution is -2.35. The van der Waals surface area contributed by atoms with Gasteiger partial charge in [-0.1, -0.05) is 17.7 Å². The number of Topliss-reactive ketones (excluding diaryl/α,β-unsaturated/α-hetero) is 1. The van der Waals surface area contributed by atoms with E-state index in [4.69, 9.17) is 22.1 Å². The number of nitrogens with zero attached hydrogens (tertiary/aromatic N) is 3. The van der Waals surface area contributed by atoms with Gasteiger partial charge in [0.05, 0.1) is 30.6 Å². The number of aromatic nitrogens is 2. The Hall–Kier alpha value is -2.25. The van der Waals surface area contributed by atoms with E-state index in [2.05, 4.69) is 14.9 Å². The monoisotopic (exact) mass is 446 g/mol. The second kappa shape index (κ2) is 9.92. The largest absolute Gasteiger partial charge is 0.493 e. The molecule has 1 saturated carbocycles. The van der Waals surface area contributed by atoms with Gasteiger partial charge in [-0.2, -0.15) is 0 Å². The number of carbonyl (C=O) groups is 1. The zero-order chi connectivity index (χ0) is 21.8. The highest BCUT2D eigenvalue weighted by Gasteiger charge is 2.43. The quantitative estimate of drug-likeness (QED) is 0.633. The molecule has 6 nitrogen and oxygen atoms in total. The van der Waals surface area contributed by atoms with E-state index in [-0.39, 0.29) is 18.7 Å². The Morgan fingerprint density at radius 3 is 2.68 bits per heavy atom. The van der Waals surface area contributed by atoms with Crippen LogP contribution in [-0.2, 0) is 11.2 Å². The summed E-state index contributed by atoms with van der Waals surface area (Å²) in [4.78, 5) is 22.3. The van der Waals surface area contributed by atoms with Crippen LogP contribution >= 0.6 is 11.6 Å². The molecule has 1 saturated heterocycles. The fourth-order valence-electron chi connectivity index (χ4n) is 4.55. The highest BCUT2D eigenvalue weighted by molar-refractivity contribution is 6.30. The molecule has 0 bridgehead atoms. The lowest BCUT2D eigenvalue weighted by atomic mass is 9.90. The van der Waals surface area contributed by atoms with Crippen molar-refractivity contribution in [2.45, 2.75) is 32.1 Å². The summed E-state index contributed by atoms with van der Waals surface area (Å²) in [5.74, 6) is 2.86. The molecule has 0 amide bonds. The van der Waals surface area contributed by atoms with Crippen molar-refractivity contribution in [1.29, 1.82) is 0 Å². The van der Waals surface area contributed by atoms with Gasteiger partial charge in [0, 0.05) is 25.6 Å². The summed E-state index contributed by atoms with van der Waals surface area (Å²) in [6, 6.07) is 4.69. The minimum absolute atomic E-state index is 0.0231. The number of hydrogen-bond donors (Lipinski definition) is 1. The predicted octanol–water partition coefficient (Wildman–Crippen LogP) is 3.66. The van der Waals surface area contributed by atoms with Crippen LogP contribution in [0.15, 0.2) is 30.6 Å². The highest BCUT2D eigenvalue weighted by Crippen LogP contribution is 2.49. The second-order valence-electron chi connectivity index (χ2n) is 8.50. The molecule has 2 fully saturated rings. The molecule has 2 heterocycles. The molecular weight excluding hydrogens is 419 g/mol. The molecular formula is C23H28ClFN4O2. The fraction of sp³-hybridized carbons (Fsp3) is 0.522. The van der Waals surface area contributed by atoms with Crippen LogP contribution in [0.2, 0.25) is 5.02 Å². The van der Waals surface area contributed by atoms with Gasteiger partial charge in [0.25, 0.3) is 0 Å². The molecule has 1 aromatic heterocycles. The molecule has 2 atom stereocenters. The van der Waals surface area contributed by atoms with Crippen molar-refractivity contribution < 1.29 is 13.9 Å². The predicted molar refractivity (Wildman–Crippen MR) is 118 cm³/mol. The van der Waals surface area contributed by atoms with Gasteiger partial charge < -0.3 is 15.4 Å². The average molecular weight is 447 g/mol. The average Bonchev–Trinajstić information content (AvgIpc) is 3.56. The standard InChI is InChI=1S/C23H28ClFN4O2/c24-18-13-27-23(28-14-18)29-6-3-15(4-7-29)21-10-16(21)5-8-31-20-2-1-17(22(25)11-20)9-19(30)12-26/h1-2,11,13-16,21H,3-10,12,26H2/t16-,21-/m1/s1. The minimum atomic E-state index is -0.417. The second-order valence-corrected chi connectivity index (χ2v) is 8.93. The molecule has 0 spiro atoms. The summed E-state index contributed by atoms with van der Waals surface area (Å²) in [5, 5.41) is 0.557. The van der Waals surface area contributed by atoms with E-state index in [1.54, 1.807) is 24.5 Å². The number of ketones is 1. The molecule has 8 heteroatoms. The summed E-state index contributed by atoms with van der Waals surface area (Å²) in [6.07, 6.45) is 7.86. The van der Waals surface area contributed by atoms with E-state index in [1.165, 1.54) is 12.5 Å². The van der Waals surface area contributed by atoms with Crippen LogP contribution in [0, 0.1) is 23.6 Å². The molecule has 0 radical (unpaired) electrons. The van der Waals surface area contributed by atoms with Crippen molar-refractivity contribution >= 4 is 23.3 Å². The van der Waals surface area contributed by atoms with Crippen molar-refractivity contribution in [2.75, 3.05) is 31.1 Å². The highest BCUT2D eigenvalue weighted by atomic mass is 35.5. The smallest absolute Gasteiger partial charge is 0.225 e. The van der Waals surface area contributed by atoms with E-state index in [0.717, 1.165) is 50.1 Å². The van der Waals surface area contributed by atoms with Gasteiger partial charge in [-0.05, 0) is 55.1 Å².